The van der Waals surface area contributed by atoms with Crippen LogP contribution in [-0.2, 0) is 28.6 Å². The van der Waals surface area contributed by atoms with E-state index in [0.29, 0.717) is 13.0 Å². The van der Waals surface area contributed by atoms with E-state index in [1.165, 1.54) is 161 Å². The van der Waals surface area contributed by atoms with E-state index in [1.54, 1.807) is 0 Å². The van der Waals surface area contributed by atoms with Crippen molar-refractivity contribution < 1.29 is 28.6 Å². The maximum absolute atomic E-state index is 12.9. The van der Waals surface area contributed by atoms with E-state index in [-0.39, 0.29) is 19.0 Å². The van der Waals surface area contributed by atoms with E-state index in [4.69, 9.17) is 14.2 Å². The van der Waals surface area contributed by atoms with Gasteiger partial charge < -0.3 is 14.2 Å². The van der Waals surface area contributed by atoms with Gasteiger partial charge in [0.2, 0.25) is 6.10 Å². The molecule has 0 aliphatic rings. The molecule has 1 atom stereocenters. The molecule has 0 N–H and O–H groups in total. The Kier molecular flexibility index (Phi) is 39.9. The lowest BCUT2D eigenvalue weighted by atomic mass is 10.0. The Hall–Kier alpha value is -1.59. The highest BCUT2D eigenvalue weighted by atomic mass is 16.6. The van der Waals surface area contributed by atoms with E-state index in [2.05, 4.69) is 20.8 Å². The lowest BCUT2D eigenvalue weighted by Crippen LogP contribution is -2.34. The van der Waals surface area contributed by atoms with Crippen LogP contribution in [0, 0.1) is 0 Å². The van der Waals surface area contributed by atoms with Crippen LogP contribution in [0.4, 0.5) is 0 Å². The molecule has 302 valence electrons. The predicted molar refractivity (Wildman–Crippen MR) is 215 cm³/mol. The van der Waals surface area contributed by atoms with Gasteiger partial charge in [-0.15, -0.1) is 0 Å². The Balaban J connectivity index is 4.29. The standard InChI is InChI=1S/C45H86O6/c1-4-7-10-13-16-19-21-23-25-27-29-32-35-38-43(46)50-41-42(45(48)49-40-37-34-31-18-15-12-9-6-3)51-44(47)39-36-33-30-28-26-24-22-20-17-14-11-8-5-2/h42H,4-41H2,1-3H3. The molecule has 0 aromatic heterocycles. The SMILES string of the molecule is CCCCCCCCCCCCCCCC(=O)OCC(OC(=O)CCCCCCCCCCCCCCC)C(=O)OCCCCCCCCCC. The van der Waals surface area contributed by atoms with Crippen LogP contribution < -0.4 is 0 Å². The lowest BCUT2D eigenvalue weighted by molar-refractivity contribution is -0.174. The third kappa shape index (κ3) is 38.0. The van der Waals surface area contributed by atoms with Crippen molar-refractivity contribution in [1.82, 2.24) is 0 Å². The number of esters is 3. The van der Waals surface area contributed by atoms with Gasteiger partial charge in [-0.25, -0.2) is 4.79 Å². The number of carbonyl (C=O) groups is 3. The molecule has 0 aliphatic heterocycles. The molecule has 0 saturated heterocycles. The smallest absolute Gasteiger partial charge is 0.351 e. The van der Waals surface area contributed by atoms with Crippen molar-refractivity contribution in [1.29, 1.82) is 0 Å². The molecule has 0 aliphatic carbocycles. The first kappa shape index (κ1) is 49.4. The van der Waals surface area contributed by atoms with Gasteiger partial charge in [0.25, 0.3) is 0 Å². The zero-order valence-corrected chi connectivity index (χ0v) is 34.4. The summed E-state index contributed by atoms with van der Waals surface area (Å²) < 4.78 is 16.4. The van der Waals surface area contributed by atoms with Gasteiger partial charge >= 0.3 is 17.9 Å². The van der Waals surface area contributed by atoms with Crippen LogP contribution in [0.1, 0.15) is 252 Å². The summed E-state index contributed by atoms with van der Waals surface area (Å²) in [7, 11) is 0. The molecule has 1 unspecified atom stereocenters. The van der Waals surface area contributed by atoms with Crippen LogP contribution in [0.15, 0.2) is 0 Å². The van der Waals surface area contributed by atoms with E-state index < -0.39 is 18.0 Å². The fourth-order valence-corrected chi connectivity index (χ4v) is 6.68. The van der Waals surface area contributed by atoms with Crippen LogP contribution in [0.2, 0.25) is 0 Å². The number of hydrogen-bond donors (Lipinski definition) is 0. The minimum Gasteiger partial charge on any atom is -0.463 e. The summed E-state index contributed by atoms with van der Waals surface area (Å²) >= 11 is 0. The Morgan fingerprint density at radius 1 is 0.353 bits per heavy atom. The normalized spacial score (nSPS) is 11.8. The zero-order chi connectivity index (χ0) is 37.3. The maximum Gasteiger partial charge on any atom is 0.351 e. The molecule has 6 heteroatoms. The van der Waals surface area contributed by atoms with Crippen LogP contribution >= 0.6 is 0 Å². The number of unbranched alkanes of at least 4 members (excludes halogenated alkanes) is 31. The van der Waals surface area contributed by atoms with Crippen LogP contribution in [0.3, 0.4) is 0 Å². The molecule has 0 aromatic carbocycles. The molecule has 51 heavy (non-hydrogen) atoms. The Labute approximate surface area is 317 Å². The number of rotatable bonds is 41. The van der Waals surface area contributed by atoms with Gasteiger partial charge in [-0.05, 0) is 19.3 Å². The zero-order valence-electron chi connectivity index (χ0n) is 34.4. The molecule has 0 saturated carbocycles. The third-order valence-corrected chi connectivity index (χ3v) is 10.1. The van der Waals surface area contributed by atoms with Crippen molar-refractivity contribution in [2.24, 2.45) is 0 Å². The highest BCUT2D eigenvalue weighted by molar-refractivity contribution is 5.80. The molecule has 0 amide bonds. The Bertz CT molecular complexity index is 753. The molecule has 6 nitrogen and oxygen atoms in total. The summed E-state index contributed by atoms with van der Waals surface area (Å²) in [6.45, 7) is 6.78. The van der Waals surface area contributed by atoms with Gasteiger partial charge in [-0.1, -0.05) is 220 Å². The molecule has 0 heterocycles. The molecule has 0 rings (SSSR count). The second-order valence-electron chi connectivity index (χ2n) is 15.3. The largest absolute Gasteiger partial charge is 0.463 e. The number of ether oxygens (including phenoxy) is 3. The van der Waals surface area contributed by atoms with Gasteiger partial charge in [0, 0.05) is 12.8 Å². The van der Waals surface area contributed by atoms with Crippen molar-refractivity contribution in [3.05, 3.63) is 0 Å². The van der Waals surface area contributed by atoms with Crippen molar-refractivity contribution >= 4 is 17.9 Å². The first-order valence-electron chi connectivity index (χ1n) is 22.6. The predicted octanol–water partition coefficient (Wildman–Crippen LogP) is 14.1. The average Bonchev–Trinajstić information content (AvgIpc) is 3.13. The minimum absolute atomic E-state index is 0.266. The van der Waals surface area contributed by atoms with E-state index in [1.807, 2.05) is 0 Å². The fourth-order valence-electron chi connectivity index (χ4n) is 6.68. The summed E-state index contributed by atoms with van der Waals surface area (Å²) in [4.78, 5) is 38.0. The lowest BCUT2D eigenvalue weighted by Gasteiger charge is -2.17. The van der Waals surface area contributed by atoms with Crippen LogP contribution in [0.5, 0.6) is 0 Å². The maximum atomic E-state index is 12.9. The second kappa shape index (κ2) is 41.2. The molecular weight excluding hydrogens is 636 g/mol. The van der Waals surface area contributed by atoms with Crippen LogP contribution in [-0.4, -0.2) is 37.2 Å². The Morgan fingerprint density at radius 3 is 1.00 bits per heavy atom. The summed E-state index contributed by atoms with van der Waals surface area (Å²) in [6, 6.07) is 0. The molecule has 0 fully saturated rings. The van der Waals surface area contributed by atoms with Crippen molar-refractivity contribution in [2.75, 3.05) is 13.2 Å². The molecular formula is C45H86O6. The van der Waals surface area contributed by atoms with Crippen LogP contribution in [0.25, 0.3) is 0 Å². The molecule has 0 aromatic rings. The van der Waals surface area contributed by atoms with Gasteiger partial charge in [0.1, 0.15) is 6.61 Å². The van der Waals surface area contributed by atoms with E-state index in [9.17, 15) is 14.4 Å². The topological polar surface area (TPSA) is 78.9 Å². The fraction of sp³-hybridized carbons (Fsp3) is 0.933. The number of hydrogen-bond acceptors (Lipinski definition) is 6. The molecule has 0 radical (unpaired) electrons. The van der Waals surface area contributed by atoms with Crippen molar-refractivity contribution in [2.45, 2.75) is 258 Å². The summed E-state index contributed by atoms with van der Waals surface area (Å²) in [6.07, 6.45) is 41.0. The first-order chi connectivity index (χ1) is 25.0. The summed E-state index contributed by atoms with van der Waals surface area (Å²) in [5, 5.41) is 0. The molecule has 0 bridgehead atoms. The monoisotopic (exact) mass is 723 g/mol. The van der Waals surface area contributed by atoms with Gasteiger partial charge in [0.15, 0.2) is 0 Å². The average molecular weight is 723 g/mol. The second-order valence-corrected chi connectivity index (χ2v) is 15.3. The van der Waals surface area contributed by atoms with Gasteiger partial charge in [-0.3, -0.25) is 9.59 Å². The van der Waals surface area contributed by atoms with E-state index >= 15 is 0 Å². The van der Waals surface area contributed by atoms with Gasteiger partial charge in [-0.2, -0.15) is 0 Å². The van der Waals surface area contributed by atoms with Crippen molar-refractivity contribution in [3.8, 4) is 0 Å². The third-order valence-electron chi connectivity index (χ3n) is 10.1. The Morgan fingerprint density at radius 2 is 0.647 bits per heavy atom. The first-order valence-corrected chi connectivity index (χ1v) is 22.6. The van der Waals surface area contributed by atoms with Crippen molar-refractivity contribution in [3.63, 3.8) is 0 Å². The summed E-state index contributed by atoms with van der Waals surface area (Å²) in [5.74, 6) is -1.36. The minimum atomic E-state index is -1.19. The quantitative estimate of drug-likeness (QED) is 0.0355. The number of carbonyl (C=O) groups excluding carboxylic acids is 3. The molecule has 0 spiro atoms. The van der Waals surface area contributed by atoms with Gasteiger partial charge in [0.05, 0.1) is 6.61 Å². The highest BCUT2D eigenvalue weighted by Crippen LogP contribution is 2.16. The highest BCUT2D eigenvalue weighted by Gasteiger charge is 2.26. The van der Waals surface area contributed by atoms with E-state index in [0.717, 1.165) is 57.8 Å². The summed E-state index contributed by atoms with van der Waals surface area (Å²) in [5.41, 5.74) is 0.